The highest BCUT2D eigenvalue weighted by Gasteiger charge is 2.44. The van der Waals surface area contributed by atoms with Crippen LogP contribution in [0.5, 0.6) is 0 Å². The molecule has 0 amide bonds. The molecule has 2 aromatic rings. The standard InChI is InChI=1S/C33H44O7S/c1-6-13-25-21-29(40-33(4,5)37-25)31(34)30(41(35)28-16-11-8-12-17-28)22-27-20-26(38-32(2,3)39-27)18-19-36-23-24-14-9-7-10-15-24/h6-12,14-17,25-27,29-30H,1,13,18-23H2,2-5H3/t25-,26+,27+,29-,30?,41?/m1/s1. The molecule has 0 aliphatic carbocycles. The molecule has 2 unspecified atom stereocenters. The summed E-state index contributed by atoms with van der Waals surface area (Å²) in [5.74, 6) is -1.97. The van der Waals surface area contributed by atoms with Crippen molar-refractivity contribution in [3.8, 4) is 0 Å². The number of Topliss-reactive ketones (excluding diaryl/α,β-unsaturated/α-hetero) is 1. The van der Waals surface area contributed by atoms with Crippen LogP contribution >= 0.6 is 0 Å². The van der Waals surface area contributed by atoms with Gasteiger partial charge in [0, 0.05) is 24.3 Å². The Morgan fingerprint density at radius 2 is 1.54 bits per heavy atom. The van der Waals surface area contributed by atoms with Crippen LogP contribution in [-0.2, 0) is 45.9 Å². The zero-order chi connectivity index (χ0) is 29.5. The van der Waals surface area contributed by atoms with E-state index >= 15 is 0 Å². The largest absolute Gasteiger partial charge is 0.377 e. The number of rotatable bonds is 13. The van der Waals surface area contributed by atoms with Crippen LogP contribution < -0.4 is 0 Å². The van der Waals surface area contributed by atoms with E-state index in [0.29, 0.717) is 50.2 Å². The van der Waals surface area contributed by atoms with E-state index in [-0.39, 0.29) is 24.1 Å². The van der Waals surface area contributed by atoms with Crippen molar-refractivity contribution in [1.82, 2.24) is 0 Å². The van der Waals surface area contributed by atoms with Crippen LogP contribution in [0.2, 0.25) is 0 Å². The van der Waals surface area contributed by atoms with E-state index in [1.165, 1.54) is 0 Å². The molecule has 0 radical (unpaired) electrons. The third kappa shape index (κ3) is 9.40. The minimum Gasteiger partial charge on any atom is -0.377 e. The van der Waals surface area contributed by atoms with Gasteiger partial charge in [-0.05, 0) is 64.7 Å². The average Bonchev–Trinajstić information content (AvgIpc) is 2.93. The van der Waals surface area contributed by atoms with Gasteiger partial charge in [0.25, 0.3) is 0 Å². The lowest BCUT2D eigenvalue weighted by Gasteiger charge is -2.43. The van der Waals surface area contributed by atoms with Crippen molar-refractivity contribution in [1.29, 1.82) is 0 Å². The second-order valence-electron chi connectivity index (χ2n) is 11.7. The summed E-state index contributed by atoms with van der Waals surface area (Å²) in [5.41, 5.74) is 1.12. The number of carbonyl (C=O) groups is 1. The van der Waals surface area contributed by atoms with E-state index in [1.807, 2.05) is 62.4 Å². The monoisotopic (exact) mass is 584 g/mol. The molecule has 2 aromatic carbocycles. The molecule has 41 heavy (non-hydrogen) atoms. The van der Waals surface area contributed by atoms with Crippen LogP contribution in [0.1, 0.15) is 65.4 Å². The first-order chi connectivity index (χ1) is 19.5. The molecule has 7 nitrogen and oxygen atoms in total. The zero-order valence-electron chi connectivity index (χ0n) is 24.7. The van der Waals surface area contributed by atoms with Crippen molar-refractivity contribution in [2.75, 3.05) is 6.61 Å². The van der Waals surface area contributed by atoms with Crippen molar-refractivity contribution in [3.05, 3.63) is 78.9 Å². The summed E-state index contributed by atoms with van der Waals surface area (Å²) in [6.45, 7) is 12.3. The lowest BCUT2D eigenvalue weighted by Crippen LogP contribution is -2.52. The third-order valence-corrected chi connectivity index (χ3v) is 8.93. The number of ether oxygens (including phenoxy) is 5. The maximum absolute atomic E-state index is 14.1. The van der Waals surface area contributed by atoms with Gasteiger partial charge in [-0.1, -0.05) is 54.6 Å². The number of carbonyl (C=O) groups excluding carboxylic acids is 1. The minimum atomic E-state index is -1.59. The maximum atomic E-state index is 14.1. The summed E-state index contributed by atoms with van der Waals surface area (Å²) in [6, 6.07) is 19.2. The van der Waals surface area contributed by atoms with Crippen molar-refractivity contribution >= 4 is 16.6 Å². The van der Waals surface area contributed by atoms with Gasteiger partial charge >= 0.3 is 0 Å². The molecule has 0 saturated carbocycles. The summed E-state index contributed by atoms with van der Waals surface area (Å²) >= 11 is 0. The SMILES string of the molecule is C=CC[C@@H]1C[C@H](C(=O)C(C[C@@H]2C[C@H](CCOCc3ccccc3)OC(C)(C)O2)S(=O)c2ccccc2)OC(C)(C)O1. The highest BCUT2D eigenvalue weighted by atomic mass is 32.2. The Hall–Kier alpha value is -2.20. The van der Waals surface area contributed by atoms with Crippen LogP contribution in [0.15, 0.2) is 78.2 Å². The molecule has 0 aromatic heterocycles. The van der Waals surface area contributed by atoms with Gasteiger partial charge in [0.2, 0.25) is 0 Å². The Balaban J connectivity index is 1.47. The molecule has 2 aliphatic heterocycles. The van der Waals surface area contributed by atoms with Gasteiger partial charge in [-0.25, -0.2) is 0 Å². The number of ketones is 1. The van der Waals surface area contributed by atoms with Crippen LogP contribution in [0.4, 0.5) is 0 Å². The Bertz CT molecular complexity index is 1150. The highest BCUT2D eigenvalue weighted by molar-refractivity contribution is 7.86. The normalized spacial score (nSPS) is 27.0. The quantitative estimate of drug-likeness (QED) is 0.207. The summed E-state index contributed by atoms with van der Waals surface area (Å²) < 4.78 is 44.5. The fraction of sp³-hybridized carbons (Fsp3) is 0.545. The molecular weight excluding hydrogens is 540 g/mol. The van der Waals surface area contributed by atoms with Gasteiger partial charge in [-0.2, -0.15) is 0 Å². The van der Waals surface area contributed by atoms with E-state index < -0.39 is 33.7 Å². The zero-order valence-corrected chi connectivity index (χ0v) is 25.5. The van der Waals surface area contributed by atoms with E-state index in [9.17, 15) is 9.00 Å². The average molecular weight is 585 g/mol. The van der Waals surface area contributed by atoms with Crippen LogP contribution in [0.3, 0.4) is 0 Å². The van der Waals surface area contributed by atoms with Crippen molar-refractivity contribution in [2.45, 2.75) is 113 Å². The van der Waals surface area contributed by atoms with E-state index in [2.05, 4.69) is 6.58 Å². The Morgan fingerprint density at radius 3 is 2.22 bits per heavy atom. The first-order valence-electron chi connectivity index (χ1n) is 14.5. The maximum Gasteiger partial charge on any atom is 0.177 e. The van der Waals surface area contributed by atoms with Crippen molar-refractivity contribution in [3.63, 3.8) is 0 Å². The minimum absolute atomic E-state index is 0.115. The molecule has 8 heteroatoms. The first kappa shape index (κ1) is 31.7. The van der Waals surface area contributed by atoms with Gasteiger partial charge in [-0.3, -0.25) is 9.00 Å². The molecule has 2 aliphatic rings. The number of hydrogen-bond donors (Lipinski definition) is 0. The van der Waals surface area contributed by atoms with Crippen molar-refractivity contribution in [2.24, 2.45) is 0 Å². The molecule has 2 heterocycles. The lowest BCUT2D eigenvalue weighted by atomic mass is 9.96. The topological polar surface area (TPSA) is 80.3 Å². The molecule has 2 saturated heterocycles. The highest BCUT2D eigenvalue weighted by Crippen LogP contribution is 2.35. The predicted molar refractivity (Wildman–Crippen MR) is 159 cm³/mol. The number of benzene rings is 2. The number of hydrogen-bond acceptors (Lipinski definition) is 7. The van der Waals surface area contributed by atoms with Crippen molar-refractivity contribution < 1.29 is 32.7 Å². The molecule has 0 bridgehead atoms. The van der Waals surface area contributed by atoms with Gasteiger partial charge in [0.15, 0.2) is 17.4 Å². The predicted octanol–water partition coefficient (Wildman–Crippen LogP) is 6.13. The Kier molecular flexibility index (Phi) is 11.1. The molecular formula is C33H44O7S. The summed E-state index contributed by atoms with van der Waals surface area (Å²) in [6.07, 6.45) is 2.96. The molecule has 2 fully saturated rings. The van der Waals surface area contributed by atoms with Crippen LogP contribution in [0, 0.1) is 0 Å². The Morgan fingerprint density at radius 1 is 0.927 bits per heavy atom. The Labute approximate surface area is 247 Å². The molecule has 0 spiro atoms. The van der Waals surface area contributed by atoms with Crippen LogP contribution in [-0.4, -0.2) is 57.8 Å². The molecule has 0 N–H and O–H groups in total. The fourth-order valence-corrected chi connectivity index (χ4v) is 7.11. The first-order valence-corrected chi connectivity index (χ1v) is 15.7. The fourth-order valence-electron chi connectivity index (χ4n) is 5.61. The second kappa shape index (κ2) is 14.3. The summed E-state index contributed by atoms with van der Waals surface area (Å²) in [7, 11) is -1.59. The summed E-state index contributed by atoms with van der Waals surface area (Å²) in [5, 5.41) is -0.811. The van der Waals surface area contributed by atoms with Gasteiger partial charge in [0.1, 0.15) is 11.4 Å². The van der Waals surface area contributed by atoms with Gasteiger partial charge < -0.3 is 23.7 Å². The molecule has 6 atom stereocenters. The van der Waals surface area contributed by atoms with E-state index in [4.69, 9.17) is 23.7 Å². The second-order valence-corrected chi connectivity index (χ2v) is 13.3. The van der Waals surface area contributed by atoms with E-state index in [1.54, 1.807) is 32.1 Å². The van der Waals surface area contributed by atoms with E-state index in [0.717, 1.165) is 5.56 Å². The van der Waals surface area contributed by atoms with Gasteiger partial charge in [0.05, 0.1) is 35.7 Å². The van der Waals surface area contributed by atoms with Crippen LogP contribution in [0.25, 0.3) is 0 Å². The smallest absolute Gasteiger partial charge is 0.177 e. The summed E-state index contributed by atoms with van der Waals surface area (Å²) in [4.78, 5) is 14.7. The third-order valence-electron chi connectivity index (χ3n) is 7.25. The lowest BCUT2D eigenvalue weighted by molar-refractivity contribution is -0.302. The molecule has 224 valence electrons. The van der Waals surface area contributed by atoms with Gasteiger partial charge in [-0.15, -0.1) is 6.58 Å². The molecule has 4 rings (SSSR count).